The zero-order valence-corrected chi connectivity index (χ0v) is 19.8. The van der Waals surface area contributed by atoms with E-state index in [4.69, 9.17) is 23.2 Å². The lowest BCUT2D eigenvalue weighted by molar-refractivity contribution is 0.580. The summed E-state index contributed by atoms with van der Waals surface area (Å²) in [6.07, 6.45) is 2.72. The van der Waals surface area contributed by atoms with Gasteiger partial charge in [0.15, 0.2) is 0 Å². The van der Waals surface area contributed by atoms with Crippen LogP contribution in [-0.4, -0.2) is 44.9 Å². The monoisotopic (exact) mass is 493 g/mol. The number of benzene rings is 2. The van der Waals surface area contributed by atoms with E-state index in [9.17, 15) is 4.79 Å². The maximum Gasteiger partial charge on any atom is 0.282 e. The van der Waals surface area contributed by atoms with Crippen LogP contribution in [-0.2, 0) is 0 Å². The number of hydrogen-bond donors (Lipinski definition) is 2. The first kappa shape index (κ1) is 21.3. The number of rotatable bonds is 4. The Labute approximate surface area is 205 Å². The van der Waals surface area contributed by atoms with Crippen LogP contribution in [0.3, 0.4) is 0 Å². The Balaban J connectivity index is 1.30. The van der Waals surface area contributed by atoms with Crippen molar-refractivity contribution in [3.63, 3.8) is 0 Å². The lowest BCUT2D eigenvalue weighted by Crippen LogP contribution is -2.43. The highest BCUT2D eigenvalue weighted by molar-refractivity contribution is 6.37. The van der Waals surface area contributed by atoms with E-state index in [0.29, 0.717) is 50.4 Å². The van der Waals surface area contributed by atoms with Gasteiger partial charge in [0.05, 0.1) is 21.1 Å². The number of hydrogen-bond acceptors (Lipinski definition) is 7. The molecule has 0 aliphatic carbocycles. The van der Waals surface area contributed by atoms with E-state index in [1.165, 1.54) is 23.0 Å². The van der Waals surface area contributed by atoms with Crippen molar-refractivity contribution in [3.8, 4) is 5.69 Å². The molecule has 8 nitrogen and oxygen atoms in total. The third kappa shape index (κ3) is 3.58. The number of aromatic nitrogens is 4. The van der Waals surface area contributed by atoms with Gasteiger partial charge in [0, 0.05) is 42.7 Å². The molecular formula is C24H21Cl2N7O. The molecule has 0 unspecified atom stereocenters. The van der Waals surface area contributed by atoms with Gasteiger partial charge in [0.2, 0.25) is 5.95 Å². The van der Waals surface area contributed by atoms with E-state index in [1.807, 2.05) is 12.1 Å². The molecule has 34 heavy (non-hydrogen) atoms. The third-order valence-electron chi connectivity index (χ3n) is 6.47. The Kier molecular flexibility index (Phi) is 5.17. The maximum atomic E-state index is 13.1. The SMILES string of the molecule is Cc1nn(-c2c(Cl)cccc2Cl)c(=O)c2cnc(Nc3ccc(N4C[C@H]5C[C@@H]4CN5)cc3)nc12. The summed E-state index contributed by atoms with van der Waals surface area (Å²) in [6.45, 7) is 3.88. The molecule has 2 bridgehead atoms. The van der Waals surface area contributed by atoms with Crippen LogP contribution >= 0.6 is 23.2 Å². The van der Waals surface area contributed by atoms with Crippen molar-refractivity contribution in [1.82, 2.24) is 25.1 Å². The predicted octanol–water partition coefficient (Wildman–Crippen LogP) is 4.09. The van der Waals surface area contributed by atoms with Crippen LogP contribution < -0.4 is 21.1 Å². The summed E-state index contributed by atoms with van der Waals surface area (Å²) in [7, 11) is 0. The van der Waals surface area contributed by atoms with Crippen LogP contribution in [0, 0.1) is 6.92 Å². The third-order valence-corrected chi connectivity index (χ3v) is 7.08. The quantitative estimate of drug-likeness (QED) is 0.442. The fourth-order valence-corrected chi connectivity index (χ4v) is 5.37. The van der Waals surface area contributed by atoms with Crippen LogP contribution in [0.2, 0.25) is 10.0 Å². The second-order valence-corrected chi connectivity index (χ2v) is 9.46. The van der Waals surface area contributed by atoms with Gasteiger partial charge in [-0.2, -0.15) is 9.78 Å². The number of piperazine rings is 1. The average Bonchev–Trinajstić information content (AvgIpc) is 3.47. The normalized spacial score (nSPS) is 19.2. The minimum atomic E-state index is -0.388. The largest absolute Gasteiger partial charge is 0.366 e. The minimum absolute atomic E-state index is 0.335. The van der Waals surface area contributed by atoms with Gasteiger partial charge in [-0.1, -0.05) is 29.3 Å². The van der Waals surface area contributed by atoms with Crippen LogP contribution in [0.5, 0.6) is 0 Å². The van der Waals surface area contributed by atoms with Crippen molar-refractivity contribution in [1.29, 1.82) is 0 Å². The fraction of sp³-hybridized carbons (Fsp3) is 0.250. The summed E-state index contributed by atoms with van der Waals surface area (Å²) < 4.78 is 1.21. The van der Waals surface area contributed by atoms with Crippen LogP contribution in [0.4, 0.5) is 17.3 Å². The van der Waals surface area contributed by atoms with E-state index >= 15 is 0 Å². The highest BCUT2D eigenvalue weighted by Gasteiger charge is 2.37. The van der Waals surface area contributed by atoms with Crippen molar-refractivity contribution in [2.24, 2.45) is 0 Å². The van der Waals surface area contributed by atoms with E-state index < -0.39 is 0 Å². The molecule has 2 aromatic carbocycles. The molecule has 2 aliphatic rings. The first-order valence-corrected chi connectivity index (χ1v) is 11.8. The molecule has 2 fully saturated rings. The number of halogens is 2. The zero-order chi connectivity index (χ0) is 23.4. The molecule has 10 heteroatoms. The van der Waals surface area contributed by atoms with Gasteiger partial charge in [-0.3, -0.25) is 4.79 Å². The van der Waals surface area contributed by atoms with Gasteiger partial charge >= 0.3 is 0 Å². The van der Waals surface area contributed by atoms with Crippen molar-refractivity contribution < 1.29 is 0 Å². The Morgan fingerprint density at radius 2 is 1.88 bits per heavy atom. The average molecular weight is 494 g/mol. The smallest absolute Gasteiger partial charge is 0.282 e. The molecular weight excluding hydrogens is 473 g/mol. The summed E-state index contributed by atoms with van der Waals surface area (Å²) in [6, 6.07) is 14.5. The first-order valence-electron chi connectivity index (χ1n) is 11.1. The standard InChI is InChI=1S/C24H21Cl2N7O/c1-13-21-18(23(34)33(31-13)22-19(25)3-2-4-20(22)26)11-28-24(30-21)29-14-5-7-16(8-6-14)32-12-15-9-17(32)10-27-15/h2-8,11,15,17,27H,9-10,12H2,1H3,(H,28,29,30)/t15-,17-/m1/s1. The number of fused-ring (bicyclic) bond motifs is 3. The molecule has 4 aromatic rings. The molecule has 2 aliphatic heterocycles. The molecule has 0 amide bonds. The van der Waals surface area contributed by atoms with Gasteiger partial charge in [-0.25, -0.2) is 9.97 Å². The molecule has 2 saturated heterocycles. The number of aryl methyl sites for hydroxylation is 1. The highest BCUT2D eigenvalue weighted by atomic mass is 35.5. The summed E-state index contributed by atoms with van der Waals surface area (Å²) in [5.74, 6) is 0.391. The molecule has 6 rings (SSSR count). The molecule has 2 atom stereocenters. The number of nitrogens with zero attached hydrogens (tertiary/aromatic N) is 5. The topological polar surface area (TPSA) is 88.0 Å². The van der Waals surface area contributed by atoms with Gasteiger partial charge in [0.1, 0.15) is 11.2 Å². The molecule has 0 radical (unpaired) electrons. The Morgan fingerprint density at radius 1 is 1.12 bits per heavy atom. The van der Waals surface area contributed by atoms with Gasteiger partial charge < -0.3 is 15.5 Å². The molecule has 0 spiro atoms. The summed E-state index contributed by atoms with van der Waals surface area (Å²) in [5, 5.41) is 12.2. The zero-order valence-electron chi connectivity index (χ0n) is 18.3. The van der Waals surface area contributed by atoms with Gasteiger partial charge in [-0.05, 0) is 49.7 Å². The Bertz CT molecular complexity index is 1450. The van der Waals surface area contributed by atoms with Crippen molar-refractivity contribution in [2.75, 3.05) is 23.3 Å². The maximum absolute atomic E-state index is 13.1. The predicted molar refractivity (Wildman–Crippen MR) is 135 cm³/mol. The number of anilines is 3. The second-order valence-electron chi connectivity index (χ2n) is 8.65. The van der Waals surface area contributed by atoms with Gasteiger partial charge in [0.25, 0.3) is 5.56 Å². The first-order chi connectivity index (χ1) is 16.5. The molecule has 0 saturated carbocycles. The lowest BCUT2D eigenvalue weighted by atomic mass is 10.2. The molecule has 2 aromatic heterocycles. The summed E-state index contributed by atoms with van der Waals surface area (Å²) in [4.78, 5) is 24.5. The number of nitrogens with one attached hydrogen (secondary N) is 2. The summed E-state index contributed by atoms with van der Waals surface area (Å²) >= 11 is 12.6. The molecule has 172 valence electrons. The van der Waals surface area contributed by atoms with Crippen LogP contribution in [0.1, 0.15) is 12.1 Å². The fourth-order valence-electron chi connectivity index (χ4n) is 4.82. The second kappa shape index (κ2) is 8.23. The van der Waals surface area contributed by atoms with Crippen molar-refractivity contribution in [2.45, 2.75) is 25.4 Å². The number of para-hydroxylation sites is 1. The van der Waals surface area contributed by atoms with E-state index in [1.54, 1.807) is 25.1 Å². The highest BCUT2D eigenvalue weighted by Crippen LogP contribution is 2.31. The minimum Gasteiger partial charge on any atom is -0.366 e. The van der Waals surface area contributed by atoms with E-state index in [0.717, 1.165) is 18.8 Å². The van der Waals surface area contributed by atoms with Crippen molar-refractivity contribution in [3.05, 3.63) is 74.8 Å². The van der Waals surface area contributed by atoms with Crippen LogP contribution in [0.15, 0.2) is 53.5 Å². The van der Waals surface area contributed by atoms with Crippen molar-refractivity contribution >= 4 is 51.4 Å². The lowest BCUT2D eigenvalue weighted by Gasteiger charge is -2.29. The molecule has 4 heterocycles. The van der Waals surface area contributed by atoms with Crippen LogP contribution in [0.25, 0.3) is 16.6 Å². The van der Waals surface area contributed by atoms with E-state index in [2.05, 4.69) is 42.7 Å². The Morgan fingerprint density at radius 3 is 2.56 bits per heavy atom. The van der Waals surface area contributed by atoms with E-state index in [-0.39, 0.29) is 5.56 Å². The van der Waals surface area contributed by atoms with Gasteiger partial charge in [-0.15, -0.1) is 0 Å². The summed E-state index contributed by atoms with van der Waals surface area (Å²) in [5.41, 5.74) is 3.07. The molecule has 2 N–H and O–H groups in total. The Hall–Kier alpha value is -3.20.